The van der Waals surface area contributed by atoms with Crippen LogP contribution >= 0.6 is 0 Å². The van der Waals surface area contributed by atoms with Crippen molar-refractivity contribution in [3.05, 3.63) is 23.3 Å². The molecule has 1 heterocycles. The van der Waals surface area contributed by atoms with Gasteiger partial charge in [0.2, 0.25) is 10.0 Å². The molecule has 1 aliphatic rings. The molecule has 1 aromatic rings. The maximum Gasteiger partial charge on any atom is 0.247 e. The van der Waals surface area contributed by atoms with Crippen LogP contribution in [0.5, 0.6) is 5.75 Å². The zero-order chi connectivity index (χ0) is 16.5. The lowest BCUT2D eigenvalue weighted by Crippen LogP contribution is -2.42. The lowest BCUT2D eigenvalue weighted by atomic mass is 9.92. The highest BCUT2D eigenvalue weighted by Gasteiger charge is 2.33. The van der Waals surface area contributed by atoms with E-state index in [0.717, 1.165) is 24.0 Å². The van der Waals surface area contributed by atoms with Crippen molar-refractivity contribution in [2.24, 2.45) is 11.7 Å². The molecule has 6 heteroatoms. The predicted octanol–water partition coefficient (Wildman–Crippen LogP) is 2.06. The van der Waals surface area contributed by atoms with E-state index >= 15 is 0 Å². The minimum absolute atomic E-state index is 0.112. The van der Waals surface area contributed by atoms with Gasteiger partial charge in [0.1, 0.15) is 10.6 Å². The summed E-state index contributed by atoms with van der Waals surface area (Å²) in [6.07, 6.45) is 1.62. The summed E-state index contributed by atoms with van der Waals surface area (Å²) in [5.74, 6) is 0.819. The second kappa shape index (κ2) is 6.56. The van der Waals surface area contributed by atoms with Crippen molar-refractivity contribution in [1.82, 2.24) is 4.31 Å². The lowest BCUT2D eigenvalue weighted by molar-refractivity contribution is 0.250. The Labute approximate surface area is 133 Å². The van der Waals surface area contributed by atoms with Crippen LogP contribution in [-0.2, 0) is 10.0 Å². The van der Waals surface area contributed by atoms with Crippen molar-refractivity contribution in [3.8, 4) is 5.75 Å². The molecule has 1 unspecified atom stereocenters. The third-order valence-corrected chi connectivity index (χ3v) is 6.53. The third-order valence-electron chi connectivity index (χ3n) is 4.44. The first-order valence-corrected chi connectivity index (χ1v) is 9.12. The molecular formula is C16H26N2O3S. The highest BCUT2D eigenvalue weighted by molar-refractivity contribution is 7.89. The molecule has 0 radical (unpaired) electrons. The summed E-state index contributed by atoms with van der Waals surface area (Å²) in [5.41, 5.74) is 7.65. The summed E-state index contributed by atoms with van der Waals surface area (Å²) in [7, 11) is -2.02. The van der Waals surface area contributed by atoms with Crippen molar-refractivity contribution in [2.45, 2.75) is 44.6 Å². The number of nitrogens with two attached hydrogens (primary N) is 1. The monoisotopic (exact) mass is 326 g/mol. The number of benzene rings is 1. The molecule has 0 amide bonds. The minimum Gasteiger partial charge on any atom is -0.495 e. The van der Waals surface area contributed by atoms with Crippen LogP contribution in [0.4, 0.5) is 0 Å². The average Bonchev–Trinajstić information content (AvgIpc) is 2.45. The Morgan fingerprint density at radius 2 is 1.86 bits per heavy atom. The van der Waals surface area contributed by atoms with Crippen LogP contribution in [0.1, 0.15) is 30.9 Å². The molecule has 0 bridgehead atoms. The number of methoxy groups -OCH3 is 1. The summed E-state index contributed by atoms with van der Waals surface area (Å²) in [5, 5.41) is 0. The van der Waals surface area contributed by atoms with Gasteiger partial charge < -0.3 is 10.5 Å². The Morgan fingerprint density at radius 1 is 1.27 bits per heavy atom. The number of nitrogens with zero attached hydrogens (tertiary/aromatic N) is 1. The van der Waals surface area contributed by atoms with Gasteiger partial charge in [-0.05, 0) is 56.7 Å². The number of sulfonamides is 1. The number of aryl methyl sites for hydroxylation is 2. The van der Waals surface area contributed by atoms with E-state index in [4.69, 9.17) is 10.5 Å². The third kappa shape index (κ3) is 3.29. The fraction of sp³-hybridized carbons (Fsp3) is 0.625. The zero-order valence-electron chi connectivity index (χ0n) is 13.8. The van der Waals surface area contributed by atoms with Gasteiger partial charge in [-0.25, -0.2) is 8.42 Å². The molecule has 5 nitrogen and oxygen atoms in total. The van der Waals surface area contributed by atoms with Crippen LogP contribution in [0.2, 0.25) is 0 Å². The number of piperidine rings is 1. The van der Waals surface area contributed by atoms with E-state index in [1.54, 1.807) is 10.4 Å². The molecule has 0 spiro atoms. The summed E-state index contributed by atoms with van der Waals surface area (Å²) in [4.78, 5) is 0.292. The van der Waals surface area contributed by atoms with Gasteiger partial charge in [-0.2, -0.15) is 4.31 Å². The molecule has 1 aromatic carbocycles. The largest absolute Gasteiger partial charge is 0.495 e. The normalized spacial score (nSPS) is 19.1. The van der Waals surface area contributed by atoms with Crippen LogP contribution in [0, 0.1) is 19.8 Å². The molecule has 1 atom stereocenters. The minimum atomic E-state index is -3.53. The molecule has 0 aromatic heterocycles. The predicted molar refractivity (Wildman–Crippen MR) is 87.6 cm³/mol. The Hall–Kier alpha value is -1.11. The molecular weight excluding hydrogens is 300 g/mol. The molecule has 22 heavy (non-hydrogen) atoms. The van der Waals surface area contributed by atoms with E-state index in [9.17, 15) is 8.42 Å². The quantitative estimate of drug-likeness (QED) is 0.919. The maximum absolute atomic E-state index is 13.0. The van der Waals surface area contributed by atoms with E-state index in [2.05, 4.69) is 0 Å². The van der Waals surface area contributed by atoms with Gasteiger partial charge in [0, 0.05) is 19.1 Å². The van der Waals surface area contributed by atoms with Gasteiger partial charge in [-0.1, -0.05) is 6.07 Å². The van der Waals surface area contributed by atoms with Gasteiger partial charge in [0.25, 0.3) is 0 Å². The molecule has 1 aliphatic heterocycles. The van der Waals surface area contributed by atoms with Crippen LogP contribution in [0.3, 0.4) is 0 Å². The smallest absolute Gasteiger partial charge is 0.247 e. The van der Waals surface area contributed by atoms with Crippen molar-refractivity contribution < 1.29 is 13.2 Å². The molecule has 1 fully saturated rings. The van der Waals surface area contributed by atoms with E-state index in [-0.39, 0.29) is 6.04 Å². The topological polar surface area (TPSA) is 72.6 Å². The molecule has 124 valence electrons. The first-order valence-electron chi connectivity index (χ1n) is 7.68. The Kier molecular flexibility index (Phi) is 5.14. The van der Waals surface area contributed by atoms with Crippen LogP contribution in [-0.4, -0.2) is 39.0 Å². The first kappa shape index (κ1) is 17.2. The summed E-state index contributed by atoms with van der Waals surface area (Å²) >= 11 is 0. The molecule has 1 saturated heterocycles. The van der Waals surface area contributed by atoms with Crippen LogP contribution < -0.4 is 10.5 Å². The standard InChI is InChI=1S/C16H26N2O3S/c1-11-9-12(2)16(15(10-11)21-4)22(19,20)18-7-5-14(6-8-18)13(3)17/h9-10,13-14H,5-8,17H2,1-4H3. The number of ether oxygens (including phenoxy) is 1. The van der Waals surface area contributed by atoms with Crippen molar-refractivity contribution in [1.29, 1.82) is 0 Å². The highest BCUT2D eigenvalue weighted by atomic mass is 32.2. The fourth-order valence-electron chi connectivity index (χ4n) is 3.17. The Balaban J connectivity index is 2.33. The Morgan fingerprint density at radius 3 is 2.36 bits per heavy atom. The van der Waals surface area contributed by atoms with Crippen LogP contribution in [0.25, 0.3) is 0 Å². The van der Waals surface area contributed by atoms with Gasteiger partial charge in [-0.3, -0.25) is 0 Å². The summed E-state index contributed by atoms with van der Waals surface area (Å²) < 4.78 is 32.9. The summed E-state index contributed by atoms with van der Waals surface area (Å²) in [6, 6.07) is 3.76. The van der Waals surface area contributed by atoms with Gasteiger partial charge in [-0.15, -0.1) is 0 Å². The lowest BCUT2D eigenvalue weighted by Gasteiger charge is -2.33. The first-order chi connectivity index (χ1) is 10.3. The molecule has 0 aliphatic carbocycles. The van der Waals surface area contributed by atoms with Crippen molar-refractivity contribution >= 4 is 10.0 Å². The zero-order valence-corrected chi connectivity index (χ0v) is 14.6. The van der Waals surface area contributed by atoms with E-state index in [0.29, 0.717) is 29.7 Å². The number of rotatable bonds is 4. The van der Waals surface area contributed by atoms with Gasteiger partial charge >= 0.3 is 0 Å². The molecule has 2 N–H and O–H groups in total. The van der Waals surface area contributed by atoms with Crippen molar-refractivity contribution in [2.75, 3.05) is 20.2 Å². The fourth-order valence-corrected chi connectivity index (χ4v) is 4.98. The number of hydrogen-bond acceptors (Lipinski definition) is 4. The maximum atomic E-state index is 13.0. The second-order valence-corrected chi connectivity index (χ2v) is 8.09. The van der Waals surface area contributed by atoms with E-state index < -0.39 is 10.0 Å². The molecule has 0 saturated carbocycles. The molecule has 2 rings (SSSR count). The second-order valence-electron chi connectivity index (χ2n) is 6.21. The van der Waals surface area contributed by atoms with Crippen LogP contribution in [0.15, 0.2) is 17.0 Å². The number of hydrogen-bond donors (Lipinski definition) is 1. The van der Waals surface area contributed by atoms with Gasteiger partial charge in [0.15, 0.2) is 0 Å². The van der Waals surface area contributed by atoms with Crippen molar-refractivity contribution in [3.63, 3.8) is 0 Å². The Bertz CT molecular complexity index is 633. The average molecular weight is 326 g/mol. The summed E-state index contributed by atoms with van der Waals surface area (Å²) in [6.45, 7) is 6.77. The van der Waals surface area contributed by atoms with Gasteiger partial charge in [0.05, 0.1) is 7.11 Å². The highest BCUT2D eigenvalue weighted by Crippen LogP contribution is 2.33. The SMILES string of the molecule is COc1cc(C)cc(C)c1S(=O)(=O)N1CCC(C(C)N)CC1. The van der Waals surface area contributed by atoms with E-state index in [1.807, 2.05) is 26.8 Å². The van der Waals surface area contributed by atoms with E-state index in [1.165, 1.54) is 7.11 Å².